The second-order valence-corrected chi connectivity index (χ2v) is 33.5. The Balaban J connectivity index is 0.000000310. The maximum atomic E-state index is 13.5. The number of carboxylic acids is 1. The third kappa shape index (κ3) is 28.0. The fourth-order valence-electron chi connectivity index (χ4n) is 13.0. The summed E-state index contributed by atoms with van der Waals surface area (Å²) in [7, 11) is 6.42. The van der Waals surface area contributed by atoms with Gasteiger partial charge < -0.3 is 85.4 Å². The van der Waals surface area contributed by atoms with E-state index in [0.717, 1.165) is 103 Å². The van der Waals surface area contributed by atoms with Gasteiger partial charge in [0.15, 0.2) is 0 Å². The van der Waals surface area contributed by atoms with E-state index < -0.39 is 40.9 Å². The maximum Gasteiger partial charge on any atom is 1.00 e. The summed E-state index contributed by atoms with van der Waals surface area (Å²) in [6.45, 7) is 18.8. The third-order valence-corrected chi connectivity index (χ3v) is 21.6. The van der Waals surface area contributed by atoms with Gasteiger partial charge in [0.05, 0.1) is 118 Å². The number of likely N-dealkylation sites (tertiary alicyclic amines) is 3. The van der Waals surface area contributed by atoms with Gasteiger partial charge in [-0.1, -0.05) is 36.2 Å². The van der Waals surface area contributed by atoms with Gasteiger partial charge >= 0.3 is 162 Å². The van der Waals surface area contributed by atoms with Crippen LogP contribution in [0.2, 0.25) is 0 Å². The fourth-order valence-corrected chi connectivity index (χ4v) is 14.0. The van der Waals surface area contributed by atoms with Gasteiger partial charge in [-0.15, -0.1) is 0 Å². The van der Waals surface area contributed by atoms with E-state index in [1.807, 2.05) is 95.0 Å². The minimum absolute atomic E-state index is 0. The Morgan fingerprint density at radius 2 is 1.02 bits per heavy atom. The summed E-state index contributed by atoms with van der Waals surface area (Å²) >= 11 is 10.2. The van der Waals surface area contributed by atoms with Crippen molar-refractivity contribution in [1.82, 2.24) is 39.6 Å². The first-order valence-corrected chi connectivity index (χ1v) is 39.5. The van der Waals surface area contributed by atoms with Crippen LogP contribution in [0, 0.1) is 17.8 Å². The molecule has 31 nitrogen and oxygen atoms in total. The number of nitrogens with two attached hydrogens (primary N) is 1. The summed E-state index contributed by atoms with van der Waals surface area (Å²) in [6, 6.07) is 20.5. The molecular formula is C83H103Br3Cs2N12O19. The van der Waals surface area contributed by atoms with Crippen LogP contribution in [0.1, 0.15) is 138 Å². The molecule has 5 fully saturated rings. The summed E-state index contributed by atoms with van der Waals surface area (Å²) in [5, 5.41) is 19.9. The minimum atomic E-state index is -0.857. The number of carboxylic acid groups (broad SMARTS) is 1. The first kappa shape index (κ1) is 103. The number of rotatable bonds is 15. The van der Waals surface area contributed by atoms with Gasteiger partial charge in [-0.2, -0.15) is 0 Å². The number of hydrogen-bond acceptors (Lipinski definition) is 24. The van der Waals surface area contributed by atoms with E-state index in [1.165, 1.54) is 9.80 Å². The van der Waals surface area contributed by atoms with Gasteiger partial charge in [-0.3, -0.25) is 53.7 Å². The Morgan fingerprint density at radius 3 is 1.45 bits per heavy atom. The number of carbonyl (C=O) groups is 9. The molecular weight excluding hydrogens is 1970 g/mol. The van der Waals surface area contributed by atoms with Crippen molar-refractivity contribution in [3.8, 4) is 23.0 Å². The number of anilines is 4. The topological polar surface area (TPSA) is 389 Å². The molecule has 10 heterocycles. The third-order valence-electron chi connectivity index (χ3n) is 19.4. The first-order valence-electron chi connectivity index (χ1n) is 37.1. The van der Waals surface area contributed by atoms with Gasteiger partial charge in [0.25, 0.3) is 6.47 Å². The molecule has 0 unspecified atom stereocenters. The number of Topliss-reactive ketones (excluding diaryl/α,β-unsaturated/α-hetero) is 1. The van der Waals surface area contributed by atoms with Crippen molar-refractivity contribution in [3.05, 3.63) is 170 Å². The van der Waals surface area contributed by atoms with Crippen LogP contribution in [-0.2, 0) is 78.2 Å². The number of ether oxygens (including phenoxy) is 7. The quantitative estimate of drug-likeness (QED) is 0.0396. The van der Waals surface area contributed by atoms with E-state index in [0.29, 0.717) is 62.0 Å². The van der Waals surface area contributed by atoms with Crippen molar-refractivity contribution in [1.29, 1.82) is 0 Å². The number of nitrogens with one attached hydrogen (secondary N) is 1. The van der Waals surface area contributed by atoms with E-state index in [-0.39, 0.29) is 225 Å². The molecule has 632 valence electrons. The number of fused-ring (bicyclic) bond motifs is 4. The van der Waals surface area contributed by atoms with Gasteiger partial charge in [0, 0.05) is 120 Å². The molecule has 14 rings (SSSR count). The standard InChI is InChI=1S/C23H28BrN3O5.C19H20N2O3.C15H19BrN2O3.C10H10N2O.C9H15NO4.C5H5BrN2.CH2O3.CH4.2Cs.H/c1-23(2,3)32-22(29)26-12-16(13-26)21(28)27(19-11-25-9-8-18(19)24)14-15-6-7-17(30-4)10-20(15)31-5;1-23-14-5-4-13(17(10-14)24-2)12-21-16-11-20-9-6-15(16)19(18(21)22)7-3-8-19;1-15(2,3)21-14(20)18-8-11(9-18)13(19)6-10-7-17-5-4-12(10)16;13-9-10(3-1-4-10)7-2-5-11-6-8(7)12-9;1-9(2,3)14-8(13)10-4-6(5-10)7(11)12;6-4-1-2-8-3-5(4)7;2-1-4-3;;;;/h6-11,16H,12-14H2,1-5H3;4-6,9-11H,3,7-8,12H2,1-2H3;4-5,7,11H,6,8-9H2,1-3H3;2,5-6H,1,3-4H2,(H,12,13);6H,4-5H2,1-3H3,(H,11,12);1-3H,7H2;1,3H;1H4;;;/q;;;;;;;;2*+1;-1/p-1. The molecule has 5 aliphatic heterocycles. The molecule has 119 heavy (non-hydrogen) atoms. The van der Waals surface area contributed by atoms with Crippen molar-refractivity contribution >= 4 is 125 Å². The van der Waals surface area contributed by atoms with Gasteiger partial charge in [0.2, 0.25) is 17.7 Å². The molecule has 0 bridgehead atoms. The number of aliphatic carboxylic acids is 1. The molecule has 7 aliphatic rings. The molecule has 36 heteroatoms. The summed E-state index contributed by atoms with van der Waals surface area (Å²) in [5.41, 5.74) is 11.4. The van der Waals surface area contributed by atoms with Crippen molar-refractivity contribution in [3.63, 3.8) is 0 Å². The van der Waals surface area contributed by atoms with E-state index in [9.17, 15) is 38.4 Å². The van der Waals surface area contributed by atoms with Crippen LogP contribution in [0.25, 0.3) is 0 Å². The molecule has 2 saturated carbocycles. The molecule has 2 spiro atoms. The number of nitrogen functional groups attached to an aromatic ring is 1. The second kappa shape index (κ2) is 46.9. The normalized spacial score (nSPS) is 15.3. The molecule has 3 saturated heterocycles. The predicted molar refractivity (Wildman–Crippen MR) is 445 cm³/mol. The largest absolute Gasteiger partial charge is 1.00 e. The first-order chi connectivity index (χ1) is 54.9. The monoisotopic (exact) mass is 2070 g/mol. The van der Waals surface area contributed by atoms with Crippen LogP contribution >= 0.6 is 47.8 Å². The van der Waals surface area contributed by atoms with Crippen LogP contribution in [0.15, 0.2) is 142 Å². The predicted octanol–water partition coefficient (Wildman–Crippen LogP) is 7.16. The van der Waals surface area contributed by atoms with Crippen molar-refractivity contribution in [2.24, 2.45) is 17.8 Å². The number of methoxy groups -OCH3 is 4. The average molecular weight is 2080 g/mol. The summed E-state index contributed by atoms with van der Waals surface area (Å²) < 4.78 is 39.8. The number of benzene rings is 2. The van der Waals surface area contributed by atoms with Crippen LogP contribution in [0.5, 0.6) is 23.0 Å². The Morgan fingerprint density at radius 1 is 0.580 bits per heavy atom. The summed E-state index contributed by atoms with van der Waals surface area (Å²) in [4.78, 5) is 136. The van der Waals surface area contributed by atoms with Gasteiger partial charge in [-0.25, -0.2) is 14.4 Å². The van der Waals surface area contributed by atoms with E-state index in [2.05, 4.69) is 82.9 Å². The summed E-state index contributed by atoms with van der Waals surface area (Å²) in [5.74, 6) is 1.40. The van der Waals surface area contributed by atoms with Crippen molar-refractivity contribution in [2.45, 2.75) is 155 Å². The average Bonchev–Trinajstić information content (AvgIpc) is 1.50. The van der Waals surface area contributed by atoms with Crippen molar-refractivity contribution in [2.75, 3.05) is 88.6 Å². The van der Waals surface area contributed by atoms with E-state index in [1.54, 1.807) is 139 Å². The zero-order valence-corrected chi connectivity index (χ0v) is 86.3. The number of hydrogen-bond donors (Lipinski definition) is 3. The van der Waals surface area contributed by atoms with Crippen LogP contribution < -0.4 is 183 Å². The fraction of sp³-hybridized carbons (Fsp3) is 0.446. The van der Waals surface area contributed by atoms with Gasteiger partial charge in [0.1, 0.15) is 45.6 Å². The van der Waals surface area contributed by atoms with Crippen molar-refractivity contribution < 1.29 is 231 Å². The molecule has 2 aromatic carbocycles. The Bertz CT molecular complexity index is 4630. The molecule has 5 aromatic heterocycles. The van der Waals surface area contributed by atoms with Crippen LogP contribution in [0.3, 0.4) is 0 Å². The smallest absolute Gasteiger partial charge is 1.00 e. The second-order valence-electron chi connectivity index (χ2n) is 30.9. The molecule has 0 radical (unpaired) electrons. The number of pyridine rings is 5. The zero-order valence-electron chi connectivity index (χ0n) is 70.0. The van der Waals surface area contributed by atoms with E-state index >= 15 is 0 Å². The maximum absolute atomic E-state index is 13.5. The molecule has 4 N–H and O–H groups in total. The summed E-state index contributed by atoms with van der Waals surface area (Å²) in [6.07, 6.45) is 22.3. The number of carbonyl (C=O) groups excluding carboxylic acids is 8. The molecule has 2 aliphatic carbocycles. The molecule has 6 amide bonds. The molecule has 7 aromatic rings. The Hall–Kier alpha value is -6.48. The number of amides is 6. The number of halogens is 3. The van der Waals surface area contributed by atoms with Gasteiger partial charge in [-0.05, 0) is 191 Å². The Labute approximate surface area is 838 Å². The Kier molecular flexibility index (Phi) is 40.6. The number of aromatic nitrogens is 5. The van der Waals surface area contributed by atoms with Crippen LogP contribution in [-0.4, -0.2) is 183 Å². The number of ketones is 1. The zero-order chi connectivity index (χ0) is 85.0. The SMILES string of the molecule is C.CC(C)(C)OC(=O)N1CC(C(=O)Cc2cnccc2Br)C1.CC(C)(C)OC(=O)N1CC(C(=O)O)C1.COc1ccc(CN(C(=O)C2CN(C(=O)OC(C)(C)C)C2)c2cnccc2Br)c(OC)c1.COc1ccc(CN2C(=O)C3(CCC3)c3ccncc32)c(OC)c1.Nc1cnccc1Br.O=C1Nc2cnccc2C12CCC2.O=CO[O-].[Cs+].[Cs+].[H-]. The van der Waals surface area contributed by atoms with Crippen LogP contribution in [0.4, 0.5) is 37.1 Å². The number of nitrogens with zero attached hydrogens (tertiary/aromatic N) is 10. The van der Waals surface area contributed by atoms with E-state index in [4.69, 9.17) is 54.1 Å². The minimum Gasteiger partial charge on any atom is -1.00 e. The molecule has 0 atom stereocenters.